The van der Waals surface area contributed by atoms with E-state index in [-0.39, 0.29) is 0 Å². The van der Waals surface area contributed by atoms with Crippen molar-refractivity contribution in [2.75, 3.05) is 5.32 Å². The molecule has 0 spiro atoms. The van der Waals surface area contributed by atoms with E-state index in [1.807, 2.05) is 0 Å². The molecule has 3 aromatic rings. The molecule has 2 amide bonds. The number of rotatable bonds is 6. The molecule has 0 atom stereocenters. The molecule has 6 nitrogen and oxygen atoms in total. The van der Waals surface area contributed by atoms with E-state index in [0.717, 1.165) is 11.1 Å². The molecule has 0 aliphatic rings. The van der Waals surface area contributed by atoms with E-state index < -0.39 is 11.8 Å². The van der Waals surface area contributed by atoms with Crippen molar-refractivity contribution in [2.45, 2.75) is 13.5 Å². The first kappa shape index (κ1) is 23.6. The number of carbonyl (C=O) groups excluding carboxylic acids is 2. The van der Waals surface area contributed by atoms with Crippen molar-refractivity contribution in [2.24, 2.45) is 5.10 Å². The smallest absolute Gasteiger partial charge is 0.329 e. The van der Waals surface area contributed by atoms with Crippen molar-refractivity contribution < 1.29 is 14.3 Å². The minimum atomic E-state index is -0.899. The van der Waals surface area contributed by atoms with Crippen LogP contribution in [0.4, 0.5) is 5.69 Å². The Morgan fingerprint density at radius 1 is 0.906 bits per heavy atom. The lowest BCUT2D eigenvalue weighted by molar-refractivity contribution is -0.136. The molecule has 0 saturated heterocycles. The van der Waals surface area contributed by atoms with Crippen LogP contribution in [-0.4, -0.2) is 17.5 Å². The molecular weight excluding hydrogens is 473 g/mol. The number of nitrogens with zero attached hydrogens (tertiary/aromatic N) is 1. The van der Waals surface area contributed by atoms with Crippen LogP contribution in [0.1, 0.15) is 18.1 Å². The summed E-state index contributed by atoms with van der Waals surface area (Å²) >= 11 is 17.9. The van der Waals surface area contributed by atoms with Gasteiger partial charge in [-0.05, 0) is 67.1 Å². The molecule has 3 aromatic carbocycles. The van der Waals surface area contributed by atoms with Crippen molar-refractivity contribution >= 4 is 58.0 Å². The lowest BCUT2D eigenvalue weighted by atomic mass is 10.1. The summed E-state index contributed by atoms with van der Waals surface area (Å²) in [5, 5.41) is 7.97. The second kappa shape index (κ2) is 11.0. The Balaban J connectivity index is 1.54. The number of ether oxygens (including phenoxy) is 1. The summed E-state index contributed by atoms with van der Waals surface area (Å²) in [4.78, 5) is 24.0. The van der Waals surface area contributed by atoms with Gasteiger partial charge in [0.25, 0.3) is 0 Å². The van der Waals surface area contributed by atoms with Crippen LogP contribution in [0.25, 0.3) is 0 Å². The Bertz CT molecular complexity index is 1160. The van der Waals surface area contributed by atoms with Gasteiger partial charge in [0, 0.05) is 26.3 Å². The monoisotopic (exact) mass is 489 g/mol. The Hall–Kier alpha value is -3.06. The van der Waals surface area contributed by atoms with Crippen LogP contribution in [0.15, 0.2) is 71.8 Å². The lowest BCUT2D eigenvalue weighted by Gasteiger charge is -2.09. The third-order valence-electron chi connectivity index (χ3n) is 4.30. The summed E-state index contributed by atoms with van der Waals surface area (Å²) in [7, 11) is 0. The molecule has 0 fully saturated rings. The second-order valence-corrected chi connectivity index (χ2v) is 7.93. The van der Waals surface area contributed by atoms with Crippen LogP contribution in [0.2, 0.25) is 15.1 Å². The SMILES string of the molecule is CC(=NNC(=O)C(=O)Nc1cccc(Cl)c1)c1ccc(OCc2ccc(Cl)cc2Cl)cc1. The number of amides is 2. The first-order chi connectivity index (χ1) is 15.3. The lowest BCUT2D eigenvalue weighted by Crippen LogP contribution is -2.32. The van der Waals surface area contributed by atoms with Crippen LogP contribution in [0.3, 0.4) is 0 Å². The largest absolute Gasteiger partial charge is 0.489 e. The Morgan fingerprint density at radius 3 is 2.31 bits per heavy atom. The normalized spacial score (nSPS) is 11.1. The fourth-order valence-electron chi connectivity index (χ4n) is 2.60. The van der Waals surface area contributed by atoms with Crippen LogP contribution < -0.4 is 15.5 Å². The van der Waals surface area contributed by atoms with Crippen molar-refractivity contribution in [1.82, 2.24) is 5.43 Å². The zero-order valence-electron chi connectivity index (χ0n) is 16.9. The number of hydrogen-bond acceptors (Lipinski definition) is 4. The van der Waals surface area contributed by atoms with E-state index >= 15 is 0 Å². The fourth-order valence-corrected chi connectivity index (χ4v) is 3.25. The van der Waals surface area contributed by atoms with E-state index in [0.29, 0.717) is 38.8 Å². The highest BCUT2D eigenvalue weighted by atomic mass is 35.5. The predicted octanol–water partition coefficient (Wildman–Crippen LogP) is 5.70. The summed E-state index contributed by atoms with van der Waals surface area (Å²) in [5.74, 6) is -1.12. The van der Waals surface area contributed by atoms with Crippen LogP contribution in [0, 0.1) is 0 Å². The minimum absolute atomic E-state index is 0.292. The third kappa shape index (κ3) is 6.72. The van der Waals surface area contributed by atoms with E-state index in [4.69, 9.17) is 39.5 Å². The summed E-state index contributed by atoms with van der Waals surface area (Å²) in [6.45, 7) is 2.00. The van der Waals surface area contributed by atoms with E-state index in [1.165, 1.54) is 6.07 Å². The van der Waals surface area contributed by atoms with Crippen molar-refractivity contribution in [3.05, 3.63) is 92.9 Å². The van der Waals surface area contributed by atoms with Crippen molar-refractivity contribution in [1.29, 1.82) is 0 Å². The molecule has 3 rings (SSSR count). The molecule has 0 heterocycles. The van der Waals surface area contributed by atoms with Gasteiger partial charge < -0.3 is 10.1 Å². The average Bonchev–Trinajstić information content (AvgIpc) is 2.77. The number of hydrazone groups is 1. The summed E-state index contributed by atoms with van der Waals surface area (Å²) < 4.78 is 5.74. The molecule has 0 unspecified atom stereocenters. The van der Waals surface area contributed by atoms with Gasteiger partial charge in [-0.25, -0.2) is 5.43 Å². The molecule has 32 heavy (non-hydrogen) atoms. The standard InChI is InChI=1S/C23H18Cl3N3O3/c1-14(28-29-23(31)22(30)27-19-4-2-3-17(24)11-19)15-6-9-20(10-7-15)32-13-16-5-8-18(25)12-21(16)26/h2-12H,13H2,1H3,(H,27,30)(H,29,31). The molecule has 0 aromatic heterocycles. The molecule has 9 heteroatoms. The highest BCUT2D eigenvalue weighted by Gasteiger charge is 2.13. The van der Waals surface area contributed by atoms with Gasteiger partial charge in [-0.1, -0.05) is 46.9 Å². The van der Waals surface area contributed by atoms with Crippen LogP contribution in [0.5, 0.6) is 5.75 Å². The number of halogens is 3. The molecular formula is C23H18Cl3N3O3. The third-order valence-corrected chi connectivity index (χ3v) is 5.12. The van der Waals surface area contributed by atoms with E-state index in [1.54, 1.807) is 67.6 Å². The second-order valence-electron chi connectivity index (χ2n) is 6.65. The number of nitrogens with one attached hydrogen (secondary N) is 2. The summed E-state index contributed by atoms with van der Waals surface area (Å²) in [6.07, 6.45) is 0. The molecule has 0 saturated carbocycles. The zero-order chi connectivity index (χ0) is 23.1. The van der Waals surface area contributed by atoms with Gasteiger partial charge in [-0.3, -0.25) is 9.59 Å². The maximum absolute atomic E-state index is 12.0. The molecule has 0 aliphatic heterocycles. The van der Waals surface area contributed by atoms with Crippen LogP contribution >= 0.6 is 34.8 Å². The molecule has 2 N–H and O–H groups in total. The van der Waals surface area contributed by atoms with E-state index in [9.17, 15) is 9.59 Å². The van der Waals surface area contributed by atoms with Gasteiger partial charge in [0.05, 0.1) is 5.71 Å². The number of benzene rings is 3. The number of anilines is 1. The van der Waals surface area contributed by atoms with Crippen molar-refractivity contribution in [3.63, 3.8) is 0 Å². The van der Waals surface area contributed by atoms with Gasteiger partial charge in [0.1, 0.15) is 12.4 Å². The van der Waals surface area contributed by atoms with Crippen LogP contribution in [-0.2, 0) is 16.2 Å². The Morgan fingerprint density at radius 2 is 1.62 bits per heavy atom. The van der Waals surface area contributed by atoms with Gasteiger partial charge in [0.2, 0.25) is 0 Å². The summed E-state index contributed by atoms with van der Waals surface area (Å²) in [6, 6.07) is 18.8. The molecule has 0 bridgehead atoms. The topological polar surface area (TPSA) is 79.8 Å². The molecule has 164 valence electrons. The molecule has 0 aliphatic carbocycles. The maximum Gasteiger partial charge on any atom is 0.329 e. The van der Waals surface area contributed by atoms with Crippen molar-refractivity contribution in [3.8, 4) is 5.75 Å². The number of carbonyl (C=O) groups is 2. The quantitative estimate of drug-likeness (QED) is 0.264. The zero-order valence-corrected chi connectivity index (χ0v) is 19.1. The number of hydrogen-bond donors (Lipinski definition) is 2. The van der Waals surface area contributed by atoms with Gasteiger partial charge in [-0.15, -0.1) is 0 Å². The first-order valence-electron chi connectivity index (χ1n) is 9.40. The highest BCUT2D eigenvalue weighted by Crippen LogP contribution is 2.23. The summed E-state index contributed by atoms with van der Waals surface area (Å²) in [5.41, 5.74) is 4.72. The average molecular weight is 491 g/mol. The van der Waals surface area contributed by atoms with Gasteiger partial charge in [-0.2, -0.15) is 5.10 Å². The first-order valence-corrected chi connectivity index (χ1v) is 10.5. The van der Waals surface area contributed by atoms with Gasteiger partial charge in [0.15, 0.2) is 0 Å². The Kier molecular flexibility index (Phi) is 8.11. The predicted molar refractivity (Wildman–Crippen MR) is 128 cm³/mol. The molecule has 0 radical (unpaired) electrons. The minimum Gasteiger partial charge on any atom is -0.489 e. The van der Waals surface area contributed by atoms with E-state index in [2.05, 4.69) is 15.8 Å². The maximum atomic E-state index is 12.0. The van der Waals surface area contributed by atoms with Gasteiger partial charge >= 0.3 is 11.8 Å². The fraction of sp³-hybridized carbons (Fsp3) is 0.0870. The highest BCUT2D eigenvalue weighted by molar-refractivity contribution is 6.40. The Labute approximate surface area is 200 Å².